The van der Waals surface area contributed by atoms with Crippen molar-refractivity contribution in [1.29, 1.82) is 0 Å². The van der Waals surface area contributed by atoms with Crippen LogP contribution in [-0.2, 0) is 16.6 Å². The second-order valence-corrected chi connectivity index (χ2v) is 8.96. The molecule has 1 amide bonds. The summed E-state index contributed by atoms with van der Waals surface area (Å²) in [5.41, 5.74) is 2.02. The minimum atomic E-state index is -4.12. The fourth-order valence-corrected chi connectivity index (χ4v) is 4.94. The lowest BCUT2D eigenvalue weighted by Crippen LogP contribution is -2.42. The van der Waals surface area contributed by atoms with E-state index in [2.05, 4.69) is 15.9 Å². The van der Waals surface area contributed by atoms with Crippen LogP contribution in [0.15, 0.2) is 84.4 Å². The van der Waals surface area contributed by atoms with Crippen molar-refractivity contribution in [3.8, 4) is 0 Å². The first kappa shape index (κ1) is 21.0. The number of nitrogens with zero attached hydrogens (tertiary/aromatic N) is 2. The van der Waals surface area contributed by atoms with Gasteiger partial charge in [0.15, 0.2) is 0 Å². The Morgan fingerprint density at radius 1 is 1.13 bits per heavy atom. The zero-order valence-electron chi connectivity index (χ0n) is 16.7. The summed E-state index contributed by atoms with van der Waals surface area (Å²) in [7, 11) is -4.12. The Hall–Kier alpha value is -3.23. The molecule has 1 aromatic heterocycles. The number of carbonyl (C=O) groups excluding carboxylic acids is 1. The van der Waals surface area contributed by atoms with Crippen molar-refractivity contribution in [1.82, 2.24) is 14.2 Å². The Labute approximate surface area is 180 Å². The molecule has 2 aromatic carbocycles. The molecule has 8 heteroatoms. The molecule has 31 heavy (non-hydrogen) atoms. The number of carbonyl (C=O) groups is 1. The van der Waals surface area contributed by atoms with Gasteiger partial charge in [-0.25, -0.2) is 17.5 Å². The molecule has 1 N–H and O–H groups in total. The number of aromatic nitrogens is 1. The minimum Gasteiger partial charge on any atom is -0.348 e. The van der Waals surface area contributed by atoms with Gasteiger partial charge in [-0.2, -0.15) is 0 Å². The van der Waals surface area contributed by atoms with Gasteiger partial charge in [-0.05, 0) is 35.9 Å². The van der Waals surface area contributed by atoms with Crippen LogP contribution in [0, 0.1) is 5.82 Å². The number of sulfonamides is 1. The van der Waals surface area contributed by atoms with Gasteiger partial charge >= 0.3 is 0 Å². The Balaban J connectivity index is 1.74. The molecule has 4 rings (SSSR count). The molecule has 0 bridgehead atoms. The van der Waals surface area contributed by atoms with E-state index in [0.29, 0.717) is 13.1 Å². The van der Waals surface area contributed by atoms with Gasteiger partial charge < -0.3 is 9.47 Å². The van der Waals surface area contributed by atoms with Crippen molar-refractivity contribution in [2.75, 3.05) is 13.1 Å². The van der Waals surface area contributed by atoms with E-state index in [1.54, 1.807) is 4.90 Å². The first-order valence-electron chi connectivity index (χ1n) is 9.83. The van der Waals surface area contributed by atoms with Crippen molar-refractivity contribution in [3.05, 3.63) is 102 Å². The molecule has 0 saturated heterocycles. The third-order valence-electron chi connectivity index (χ3n) is 5.30. The number of nitrogens with one attached hydrogen (secondary N) is 1. The Morgan fingerprint density at radius 3 is 2.65 bits per heavy atom. The molecule has 160 valence electrons. The first-order valence-corrected chi connectivity index (χ1v) is 11.3. The summed E-state index contributed by atoms with van der Waals surface area (Å²) in [5.74, 6) is -1.28. The quantitative estimate of drug-likeness (QED) is 0.599. The van der Waals surface area contributed by atoms with Gasteiger partial charge in [0.25, 0.3) is 5.91 Å². The predicted molar refractivity (Wildman–Crippen MR) is 116 cm³/mol. The fourth-order valence-electron chi connectivity index (χ4n) is 3.84. The van der Waals surface area contributed by atoms with Crippen molar-refractivity contribution in [2.45, 2.75) is 17.5 Å². The van der Waals surface area contributed by atoms with Crippen LogP contribution in [-0.4, -0.2) is 36.9 Å². The molecular formula is C23H22FN3O3S. The number of halogens is 1. The third kappa shape index (κ3) is 4.04. The molecule has 0 fully saturated rings. The van der Waals surface area contributed by atoms with Crippen molar-refractivity contribution in [3.63, 3.8) is 0 Å². The molecule has 1 aliphatic rings. The predicted octanol–water partition coefficient (Wildman–Crippen LogP) is 3.34. The maximum atomic E-state index is 14.3. The third-order valence-corrected chi connectivity index (χ3v) is 6.74. The van der Waals surface area contributed by atoms with Crippen LogP contribution in [0.4, 0.5) is 4.39 Å². The van der Waals surface area contributed by atoms with Crippen molar-refractivity contribution >= 4 is 15.9 Å². The van der Waals surface area contributed by atoms with E-state index >= 15 is 0 Å². The van der Waals surface area contributed by atoms with Gasteiger partial charge in [0.05, 0.1) is 6.04 Å². The van der Waals surface area contributed by atoms with Crippen LogP contribution in [0.3, 0.4) is 0 Å². The van der Waals surface area contributed by atoms with Gasteiger partial charge in [-0.1, -0.05) is 36.4 Å². The van der Waals surface area contributed by atoms with Gasteiger partial charge in [0.1, 0.15) is 10.7 Å². The van der Waals surface area contributed by atoms with Crippen molar-refractivity contribution in [2.24, 2.45) is 0 Å². The second-order valence-electron chi connectivity index (χ2n) is 7.22. The van der Waals surface area contributed by atoms with E-state index in [-0.39, 0.29) is 24.1 Å². The summed E-state index contributed by atoms with van der Waals surface area (Å²) in [6, 6.07) is 16.6. The molecular weight excluding hydrogens is 417 g/mol. The largest absolute Gasteiger partial charge is 0.348 e. The number of fused-ring (bicyclic) bond motifs is 1. The average Bonchev–Trinajstić information content (AvgIpc) is 3.26. The van der Waals surface area contributed by atoms with E-state index < -0.39 is 20.7 Å². The van der Waals surface area contributed by atoms with Gasteiger partial charge in [-0.15, -0.1) is 6.58 Å². The highest BCUT2D eigenvalue weighted by Crippen LogP contribution is 2.33. The van der Waals surface area contributed by atoms with E-state index in [0.717, 1.165) is 23.4 Å². The minimum absolute atomic E-state index is 0.0425. The number of hydrogen-bond acceptors (Lipinski definition) is 3. The van der Waals surface area contributed by atoms with E-state index in [1.165, 1.54) is 12.1 Å². The highest BCUT2D eigenvalue weighted by Gasteiger charge is 2.33. The Bertz CT molecular complexity index is 1220. The lowest BCUT2D eigenvalue weighted by molar-refractivity contribution is 0.0663. The summed E-state index contributed by atoms with van der Waals surface area (Å²) >= 11 is 0. The topological polar surface area (TPSA) is 71.4 Å². The zero-order chi connectivity index (χ0) is 22.0. The van der Waals surface area contributed by atoms with Gasteiger partial charge in [-0.3, -0.25) is 4.79 Å². The van der Waals surface area contributed by atoms with Crippen LogP contribution in [0.2, 0.25) is 0 Å². The van der Waals surface area contributed by atoms with Crippen LogP contribution in [0.5, 0.6) is 0 Å². The van der Waals surface area contributed by atoms with Crippen LogP contribution < -0.4 is 4.72 Å². The smallest absolute Gasteiger partial charge is 0.254 e. The lowest BCUT2D eigenvalue weighted by Gasteiger charge is -2.37. The Morgan fingerprint density at radius 2 is 1.90 bits per heavy atom. The first-order chi connectivity index (χ1) is 14.9. The molecule has 2 heterocycles. The molecule has 3 aromatic rings. The maximum absolute atomic E-state index is 14.3. The van der Waals surface area contributed by atoms with Crippen LogP contribution >= 0.6 is 0 Å². The van der Waals surface area contributed by atoms with Gasteiger partial charge in [0.2, 0.25) is 10.0 Å². The normalized spacial score (nSPS) is 16.0. The van der Waals surface area contributed by atoms with Crippen LogP contribution in [0.1, 0.15) is 27.7 Å². The summed E-state index contributed by atoms with van der Waals surface area (Å²) in [4.78, 5) is 14.6. The molecule has 0 saturated carbocycles. The fraction of sp³-hybridized carbons (Fsp3) is 0.174. The summed E-state index contributed by atoms with van der Waals surface area (Å²) in [5, 5.41) is 0. The Kier molecular flexibility index (Phi) is 5.75. The standard InChI is InChI=1S/C23H22FN3O3S/c1-2-12-25-31(29,30)21-16-18(10-11-19(21)24)23(28)27-15-14-26-13-6-9-20(26)22(27)17-7-4-3-5-8-17/h2-11,13,16,22,25H,1,12,14-15H2. The summed E-state index contributed by atoms with van der Waals surface area (Å²) < 4.78 is 43.6. The zero-order valence-corrected chi connectivity index (χ0v) is 17.6. The van der Waals surface area contributed by atoms with E-state index in [4.69, 9.17) is 0 Å². The van der Waals surface area contributed by atoms with E-state index in [1.807, 2.05) is 48.7 Å². The molecule has 6 nitrogen and oxygen atoms in total. The monoisotopic (exact) mass is 439 g/mol. The lowest BCUT2D eigenvalue weighted by atomic mass is 9.99. The maximum Gasteiger partial charge on any atom is 0.254 e. The number of rotatable bonds is 6. The highest BCUT2D eigenvalue weighted by molar-refractivity contribution is 7.89. The van der Waals surface area contributed by atoms with Gasteiger partial charge in [0, 0.05) is 37.1 Å². The molecule has 1 unspecified atom stereocenters. The molecule has 1 aliphatic heterocycles. The van der Waals surface area contributed by atoms with E-state index in [9.17, 15) is 17.6 Å². The number of amides is 1. The van der Waals surface area contributed by atoms with Crippen molar-refractivity contribution < 1.29 is 17.6 Å². The molecule has 0 spiro atoms. The second kappa shape index (κ2) is 8.49. The average molecular weight is 440 g/mol. The summed E-state index contributed by atoms with van der Waals surface area (Å²) in [6.45, 7) is 4.47. The molecule has 0 radical (unpaired) electrons. The molecule has 0 aliphatic carbocycles. The SMILES string of the molecule is C=CCNS(=O)(=O)c1cc(C(=O)N2CCn3cccc3C2c2ccccc2)ccc1F. The van der Waals surface area contributed by atoms with Crippen LogP contribution in [0.25, 0.3) is 0 Å². The highest BCUT2D eigenvalue weighted by atomic mass is 32.2. The number of hydrogen-bond donors (Lipinski definition) is 1. The number of benzene rings is 2. The summed E-state index contributed by atoms with van der Waals surface area (Å²) in [6.07, 6.45) is 3.33. The molecule has 1 atom stereocenters.